The average Bonchev–Trinajstić information content (AvgIpc) is 2.74. The molecule has 21 heavy (non-hydrogen) atoms. The molecule has 0 unspecified atom stereocenters. The first-order valence-electron chi connectivity index (χ1n) is 7.20. The number of carbonyl (C=O) groups is 2. The predicted molar refractivity (Wildman–Crippen MR) is 84.2 cm³/mol. The quantitative estimate of drug-likeness (QED) is 0.833. The molecule has 114 valence electrons. The van der Waals surface area contributed by atoms with Crippen LogP contribution in [0, 0.1) is 0 Å². The fourth-order valence-corrected chi connectivity index (χ4v) is 3.15. The number of rotatable bonds is 5. The van der Waals surface area contributed by atoms with Crippen molar-refractivity contribution >= 4 is 23.8 Å². The number of benzene rings is 1. The Hall–Kier alpha value is -1.49. The smallest absolute Gasteiger partial charge is 0.417 e. The molecule has 1 aliphatic rings. The molecule has 1 aliphatic heterocycles. The standard InChI is InChI=1S/C16H21NO3S/c1-11(2)21-10-9-14(18)17-12(3)15(20-16(17)19)13-7-5-4-6-8-13/h4-8,11-12,15H,9-10H2,1-3H3/t12-,15-/m1/s1. The fraction of sp³-hybridized carbons (Fsp3) is 0.500. The van der Waals surface area contributed by atoms with Crippen molar-refractivity contribution in [1.29, 1.82) is 0 Å². The number of imide groups is 1. The predicted octanol–water partition coefficient (Wildman–Crippen LogP) is 3.63. The summed E-state index contributed by atoms with van der Waals surface area (Å²) in [6.45, 7) is 6.04. The molecule has 0 saturated carbocycles. The van der Waals surface area contributed by atoms with E-state index in [2.05, 4.69) is 13.8 Å². The van der Waals surface area contributed by atoms with Crippen molar-refractivity contribution in [3.05, 3.63) is 35.9 Å². The molecule has 1 aromatic carbocycles. The van der Waals surface area contributed by atoms with Crippen molar-refractivity contribution < 1.29 is 14.3 Å². The Bertz CT molecular complexity index is 504. The molecule has 5 heteroatoms. The third-order valence-corrected chi connectivity index (χ3v) is 4.54. The van der Waals surface area contributed by atoms with E-state index in [0.29, 0.717) is 11.7 Å². The molecule has 1 heterocycles. The van der Waals surface area contributed by atoms with Gasteiger partial charge in [0, 0.05) is 12.2 Å². The highest BCUT2D eigenvalue weighted by Crippen LogP contribution is 2.32. The second-order valence-electron chi connectivity index (χ2n) is 5.39. The van der Waals surface area contributed by atoms with E-state index in [0.717, 1.165) is 11.3 Å². The monoisotopic (exact) mass is 307 g/mol. The molecule has 0 spiro atoms. The summed E-state index contributed by atoms with van der Waals surface area (Å²) in [5.41, 5.74) is 0.921. The minimum absolute atomic E-state index is 0.154. The largest absolute Gasteiger partial charge is 0.439 e. The number of thioether (sulfide) groups is 1. The minimum Gasteiger partial charge on any atom is -0.439 e. The van der Waals surface area contributed by atoms with E-state index in [1.54, 1.807) is 11.8 Å². The van der Waals surface area contributed by atoms with Crippen LogP contribution in [0.3, 0.4) is 0 Å². The molecule has 1 fully saturated rings. The Balaban J connectivity index is 2.01. The third-order valence-electron chi connectivity index (χ3n) is 3.43. The first-order chi connectivity index (χ1) is 10.0. The highest BCUT2D eigenvalue weighted by Gasteiger charge is 2.42. The van der Waals surface area contributed by atoms with E-state index in [1.807, 2.05) is 37.3 Å². The molecule has 1 saturated heterocycles. The fourth-order valence-electron chi connectivity index (χ4n) is 2.39. The van der Waals surface area contributed by atoms with Gasteiger partial charge in [-0.05, 0) is 17.7 Å². The van der Waals surface area contributed by atoms with Gasteiger partial charge in [-0.25, -0.2) is 9.69 Å². The van der Waals surface area contributed by atoms with Crippen LogP contribution >= 0.6 is 11.8 Å². The molecule has 2 rings (SSSR count). The summed E-state index contributed by atoms with van der Waals surface area (Å²) in [5, 5.41) is 0.484. The van der Waals surface area contributed by atoms with Gasteiger partial charge in [-0.15, -0.1) is 0 Å². The van der Waals surface area contributed by atoms with E-state index in [4.69, 9.17) is 4.74 Å². The molecule has 0 radical (unpaired) electrons. The zero-order valence-electron chi connectivity index (χ0n) is 12.6. The zero-order valence-corrected chi connectivity index (χ0v) is 13.4. The van der Waals surface area contributed by atoms with Crippen molar-refractivity contribution in [2.45, 2.75) is 44.6 Å². The highest BCUT2D eigenvalue weighted by molar-refractivity contribution is 7.99. The van der Waals surface area contributed by atoms with E-state index in [9.17, 15) is 9.59 Å². The molecule has 0 bridgehead atoms. The van der Waals surface area contributed by atoms with Crippen LogP contribution in [0.1, 0.15) is 38.9 Å². The summed E-state index contributed by atoms with van der Waals surface area (Å²) >= 11 is 1.72. The van der Waals surface area contributed by atoms with Crippen LogP contribution < -0.4 is 0 Å². The van der Waals surface area contributed by atoms with Crippen LogP contribution in [0.4, 0.5) is 4.79 Å². The van der Waals surface area contributed by atoms with Crippen molar-refractivity contribution in [2.75, 3.05) is 5.75 Å². The third kappa shape index (κ3) is 3.79. The second kappa shape index (κ2) is 6.98. The minimum atomic E-state index is -0.532. The summed E-state index contributed by atoms with van der Waals surface area (Å²) in [6.07, 6.45) is -0.541. The lowest BCUT2D eigenvalue weighted by Gasteiger charge is -2.19. The summed E-state index contributed by atoms with van der Waals surface area (Å²) in [5.74, 6) is 0.572. The van der Waals surface area contributed by atoms with Gasteiger partial charge in [0.25, 0.3) is 0 Å². The maximum Gasteiger partial charge on any atom is 0.417 e. The van der Waals surface area contributed by atoms with Crippen molar-refractivity contribution in [3.63, 3.8) is 0 Å². The molecular formula is C16H21NO3S. The number of nitrogens with zero attached hydrogens (tertiary/aromatic N) is 1. The number of ether oxygens (including phenoxy) is 1. The molecule has 0 aromatic heterocycles. The molecular weight excluding hydrogens is 286 g/mol. The van der Waals surface area contributed by atoms with Crippen LogP contribution in [-0.4, -0.2) is 33.9 Å². The molecule has 0 aliphatic carbocycles. The van der Waals surface area contributed by atoms with E-state index >= 15 is 0 Å². The summed E-state index contributed by atoms with van der Waals surface area (Å²) < 4.78 is 5.38. The van der Waals surface area contributed by atoms with Crippen molar-refractivity contribution in [1.82, 2.24) is 4.90 Å². The first kappa shape index (κ1) is 15.9. The van der Waals surface area contributed by atoms with Gasteiger partial charge < -0.3 is 4.74 Å². The first-order valence-corrected chi connectivity index (χ1v) is 8.24. The Kier molecular flexibility index (Phi) is 5.28. The van der Waals surface area contributed by atoms with Crippen molar-refractivity contribution in [2.24, 2.45) is 0 Å². The van der Waals surface area contributed by atoms with Crippen LogP contribution in [0.25, 0.3) is 0 Å². The Morgan fingerprint density at radius 1 is 1.33 bits per heavy atom. The molecule has 0 N–H and O–H groups in total. The topological polar surface area (TPSA) is 46.6 Å². The zero-order chi connectivity index (χ0) is 15.4. The summed E-state index contributed by atoms with van der Waals surface area (Å²) in [7, 11) is 0. The van der Waals surface area contributed by atoms with E-state index in [1.165, 1.54) is 4.90 Å². The van der Waals surface area contributed by atoms with Gasteiger partial charge in [0.15, 0.2) is 0 Å². The lowest BCUT2D eigenvalue weighted by molar-refractivity contribution is -0.128. The van der Waals surface area contributed by atoms with Gasteiger partial charge in [-0.3, -0.25) is 4.79 Å². The summed E-state index contributed by atoms with van der Waals surface area (Å²) in [4.78, 5) is 25.5. The van der Waals surface area contributed by atoms with Gasteiger partial charge in [0.2, 0.25) is 5.91 Å². The Morgan fingerprint density at radius 2 is 2.00 bits per heavy atom. The summed E-state index contributed by atoms with van der Waals surface area (Å²) in [6, 6.07) is 9.28. The lowest BCUT2D eigenvalue weighted by Crippen LogP contribution is -2.38. The molecule has 1 aromatic rings. The number of carbonyl (C=O) groups excluding carboxylic acids is 2. The van der Waals surface area contributed by atoms with Gasteiger partial charge in [0.1, 0.15) is 6.10 Å². The van der Waals surface area contributed by atoms with Gasteiger partial charge in [-0.2, -0.15) is 11.8 Å². The maximum atomic E-state index is 12.2. The Morgan fingerprint density at radius 3 is 2.62 bits per heavy atom. The van der Waals surface area contributed by atoms with Gasteiger partial charge in [-0.1, -0.05) is 44.2 Å². The van der Waals surface area contributed by atoms with Crippen LogP contribution in [0.5, 0.6) is 0 Å². The van der Waals surface area contributed by atoms with E-state index < -0.39 is 6.09 Å². The Labute approximate surface area is 129 Å². The number of cyclic esters (lactones) is 1. The SMILES string of the molecule is CC(C)SCCC(=O)N1C(=O)O[C@@H](c2ccccc2)[C@H]1C. The number of hydrogen-bond acceptors (Lipinski definition) is 4. The van der Waals surface area contributed by atoms with Crippen LogP contribution in [-0.2, 0) is 9.53 Å². The van der Waals surface area contributed by atoms with E-state index in [-0.39, 0.29) is 18.1 Å². The second-order valence-corrected chi connectivity index (χ2v) is 7.07. The molecule has 2 atom stereocenters. The average molecular weight is 307 g/mol. The number of hydrogen-bond donors (Lipinski definition) is 0. The highest BCUT2D eigenvalue weighted by atomic mass is 32.2. The normalized spacial score (nSPS) is 21.7. The molecule has 4 nitrogen and oxygen atoms in total. The van der Waals surface area contributed by atoms with Gasteiger partial charge >= 0.3 is 6.09 Å². The van der Waals surface area contributed by atoms with Crippen LogP contribution in [0.2, 0.25) is 0 Å². The van der Waals surface area contributed by atoms with Gasteiger partial charge in [0.05, 0.1) is 6.04 Å². The number of amides is 2. The maximum absolute atomic E-state index is 12.2. The lowest BCUT2D eigenvalue weighted by atomic mass is 10.0. The van der Waals surface area contributed by atoms with Crippen molar-refractivity contribution in [3.8, 4) is 0 Å². The molecule has 2 amide bonds. The van der Waals surface area contributed by atoms with Crippen LogP contribution in [0.15, 0.2) is 30.3 Å².